The van der Waals surface area contributed by atoms with Crippen LogP contribution in [0.15, 0.2) is 72.8 Å². The van der Waals surface area contributed by atoms with E-state index in [-0.39, 0.29) is 29.9 Å². The highest BCUT2D eigenvalue weighted by molar-refractivity contribution is 7.80. The number of carbonyl (C=O) groups excluding carboxylic acids is 2. The fourth-order valence-electron chi connectivity index (χ4n) is 3.98. The molecule has 1 saturated heterocycles. The van der Waals surface area contributed by atoms with Crippen LogP contribution in [-0.4, -0.2) is 41.6 Å². The first kappa shape index (κ1) is 25.1. The number of benzene rings is 3. The van der Waals surface area contributed by atoms with Gasteiger partial charge < -0.3 is 19.7 Å². The van der Waals surface area contributed by atoms with E-state index >= 15 is 0 Å². The van der Waals surface area contributed by atoms with Gasteiger partial charge in [0.25, 0.3) is 5.91 Å². The molecular formula is C27H26FN3O4S. The Labute approximate surface area is 214 Å². The molecule has 3 aromatic carbocycles. The van der Waals surface area contributed by atoms with Crippen LogP contribution in [0.4, 0.5) is 15.8 Å². The minimum atomic E-state index is -0.901. The zero-order valence-corrected chi connectivity index (χ0v) is 20.8. The molecule has 1 fully saturated rings. The number of methoxy groups -OCH3 is 1. The number of anilines is 2. The molecule has 9 heteroatoms. The van der Waals surface area contributed by atoms with Crippen molar-refractivity contribution < 1.29 is 23.5 Å². The molecule has 2 amide bonds. The lowest BCUT2D eigenvalue weighted by atomic mass is 10.1. The van der Waals surface area contributed by atoms with Gasteiger partial charge in [0.15, 0.2) is 5.11 Å². The average Bonchev–Trinajstić information content (AvgIpc) is 3.10. The van der Waals surface area contributed by atoms with E-state index in [1.807, 2.05) is 6.92 Å². The van der Waals surface area contributed by atoms with Crippen molar-refractivity contribution in [3.63, 3.8) is 0 Å². The van der Waals surface area contributed by atoms with Gasteiger partial charge in [-0.05, 0) is 73.7 Å². The number of ether oxygens (including phenoxy) is 2. The molecule has 0 aromatic heterocycles. The van der Waals surface area contributed by atoms with E-state index in [1.54, 1.807) is 78.7 Å². The first-order valence-electron chi connectivity index (χ1n) is 11.5. The zero-order valence-electron chi connectivity index (χ0n) is 19.9. The maximum absolute atomic E-state index is 14.5. The summed E-state index contributed by atoms with van der Waals surface area (Å²) in [6.07, 6.45) is -0.160. The van der Waals surface area contributed by atoms with Crippen LogP contribution in [0, 0.1) is 5.82 Å². The standard InChI is InChI=1S/C27H26FN3O4S/c1-3-35-22-14-10-20(11-15-22)31-26(33)24(16-25(32)29-19-8-12-21(34-2)13-9-19)30(27(31)36)17-18-6-4-5-7-23(18)28/h4-15,24H,3,16-17H2,1-2H3,(H,29,32). The van der Waals surface area contributed by atoms with Gasteiger partial charge in [-0.1, -0.05) is 18.2 Å². The first-order valence-corrected chi connectivity index (χ1v) is 11.9. The molecule has 1 aliphatic heterocycles. The summed E-state index contributed by atoms with van der Waals surface area (Å²) in [6.45, 7) is 2.45. The molecule has 1 atom stereocenters. The van der Waals surface area contributed by atoms with Crippen molar-refractivity contribution in [2.24, 2.45) is 0 Å². The van der Waals surface area contributed by atoms with E-state index in [0.29, 0.717) is 35.0 Å². The number of amides is 2. The lowest BCUT2D eigenvalue weighted by Crippen LogP contribution is -2.37. The van der Waals surface area contributed by atoms with E-state index in [0.717, 1.165) is 0 Å². The Kier molecular flexibility index (Phi) is 7.80. The zero-order chi connectivity index (χ0) is 25.7. The molecule has 36 heavy (non-hydrogen) atoms. The van der Waals surface area contributed by atoms with Crippen molar-refractivity contribution in [3.8, 4) is 11.5 Å². The number of hydrogen-bond acceptors (Lipinski definition) is 5. The molecule has 0 saturated carbocycles. The van der Waals surface area contributed by atoms with Gasteiger partial charge in [0.05, 0.1) is 25.8 Å². The Morgan fingerprint density at radius 1 is 1.03 bits per heavy atom. The normalized spacial score (nSPS) is 15.2. The Bertz CT molecular complexity index is 1250. The van der Waals surface area contributed by atoms with E-state index in [4.69, 9.17) is 21.7 Å². The van der Waals surface area contributed by atoms with Gasteiger partial charge in [-0.3, -0.25) is 14.5 Å². The third kappa shape index (κ3) is 5.46. The van der Waals surface area contributed by atoms with E-state index < -0.39 is 11.9 Å². The quantitative estimate of drug-likeness (QED) is 0.421. The van der Waals surface area contributed by atoms with Gasteiger partial charge in [0.2, 0.25) is 5.91 Å². The second kappa shape index (κ2) is 11.2. The Balaban J connectivity index is 1.59. The largest absolute Gasteiger partial charge is 0.497 e. The lowest BCUT2D eigenvalue weighted by Gasteiger charge is -2.24. The molecule has 0 spiro atoms. The van der Waals surface area contributed by atoms with Crippen LogP contribution in [0.5, 0.6) is 11.5 Å². The number of thiocarbonyl (C=S) groups is 1. The third-order valence-corrected chi connectivity index (χ3v) is 6.19. The van der Waals surface area contributed by atoms with Gasteiger partial charge in [-0.15, -0.1) is 0 Å². The van der Waals surface area contributed by atoms with Gasteiger partial charge in [-0.25, -0.2) is 4.39 Å². The minimum absolute atomic E-state index is 0.0469. The maximum Gasteiger partial charge on any atom is 0.256 e. The monoisotopic (exact) mass is 507 g/mol. The summed E-state index contributed by atoms with van der Waals surface area (Å²) in [5.41, 5.74) is 1.49. The van der Waals surface area contributed by atoms with Crippen LogP contribution in [0.25, 0.3) is 0 Å². The minimum Gasteiger partial charge on any atom is -0.497 e. The molecule has 0 radical (unpaired) electrons. The van der Waals surface area contributed by atoms with Crippen LogP contribution in [0.3, 0.4) is 0 Å². The van der Waals surface area contributed by atoms with Crippen molar-refractivity contribution in [2.75, 3.05) is 23.9 Å². The van der Waals surface area contributed by atoms with Crippen molar-refractivity contribution >= 4 is 40.5 Å². The molecular weight excluding hydrogens is 481 g/mol. The van der Waals surface area contributed by atoms with Crippen LogP contribution >= 0.6 is 12.2 Å². The van der Waals surface area contributed by atoms with Gasteiger partial charge in [0.1, 0.15) is 23.4 Å². The van der Waals surface area contributed by atoms with Crippen molar-refractivity contribution in [1.82, 2.24) is 4.90 Å². The van der Waals surface area contributed by atoms with Crippen LogP contribution in [0.2, 0.25) is 0 Å². The number of nitrogens with zero attached hydrogens (tertiary/aromatic N) is 2. The summed E-state index contributed by atoms with van der Waals surface area (Å²) in [4.78, 5) is 29.5. The summed E-state index contributed by atoms with van der Waals surface area (Å²) < 4.78 is 25.1. The highest BCUT2D eigenvalue weighted by Gasteiger charge is 2.44. The van der Waals surface area contributed by atoms with E-state index in [9.17, 15) is 14.0 Å². The maximum atomic E-state index is 14.5. The lowest BCUT2D eigenvalue weighted by molar-refractivity contribution is -0.124. The van der Waals surface area contributed by atoms with Gasteiger partial charge in [0, 0.05) is 17.8 Å². The fraction of sp³-hybridized carbons (Fsp3) is 0.222. The molecule has 1 heterocycles. The van der Waals surface area contributed by atoms with Crippen LogP contribution in [0.1, 0.15) is 18.9 Å². The fourth-order valence-corrected chi connectivity index (χ4v) is 4.37. The van der Waals surface area contributed by atoms with Gasteiger partial charge >= 0.3 is 0 Å². The Hall–Kier alpha value is -3.98. The highest BCUT2D eigenvalue weighted by Crippen LogP contribution is 2.30. The topological polar surface area (TPSA) is 71.1 Å². The molecule has 1 aliphatic rings. The van der Waals surface area contributed by atoms with Gasteiger partial charge in [-0.2, -0.15) is 0 Å². The van der Waals surface area contributed by atoms with Crippen LogP contribution < -0.4 is 19.7 Å². The number of hydrogen-bond donors (Lipinski definition) is 1. The second-order valence-corrected chi connectivity index (χ2v) is 8.46. The van der Waals surface area contributed by atoms with Crippen molar-refractivity contribution in [1.29, 1.82) is 0 Å². The number of nitrogens with one attached hydrogen (secondary N) is 1. The number of halogens is 1. The van der Waals surface area contributed by atoms with Crippen molar-refractivity contribution in [3.05, 3.63) is 84.2 Å². The van der Waals surface area contributed by atoms with E-state index in [2.05, 4.69) is 5.32 Å². The van der Waals surface area contributed by atoms with E-state index in [1.165, 1.54) is 11.0 Å². The molecule has 0 aliphatic carbocycles. The SMILES string of the molecule is CCOc1ccc(N2C(=O)C(CC(=O)Nc3ccc(OC)cc3)N(Cc3ccccc3F)C2=S)cc1. The van der Waals surface area contributed by atoms with Crippen LogP contribution in [-0.2, 0) is 16.1 Å². The Morgan fingerprint density at radius 3 is 2.33 bits per heavy atom. The molecule has 4 rings (SSSR count). The third-order valence-electron chi connectivity index (χ3n) is 5.78. The second-order valence-electron chi connectivity index (χ2n) is 8.10. The highest BCUT2D eigenvalue weighted by atomic mass is 32.1. The Morgan fingerprint density at radius 2 is 1.69 bits per heavy atom. The summed E-state index contributed by atoms with van der Waals surface area (Å²) >= 11 is 5.67. The summed E-state index contributed by atoms with van der Waals surface area (Å²) in [7, 11) is 1.56. The number of carbonyl (C=O) groups is 2. The predicted octanol–water partition coefficient (Wildman–Crippen LogP) is 4.76. The molecule has 0 bridgehead atoms. The summed E-state index contributed by atoms with van der Waals surface area (Å²) in [6, 6.07) is 19.2. The predicted molar refractivity (Wildman–Crippen MR) is 140 cm³/mol. The summed E-state index contributed by atoms with van der Waals surface area (Å²) in [5.74, 6) is 0.191. The molecule has 1 N–H and O–H groups in total. The molecule has 3 aromatic rings. The summed E-state index contributed by atoms with van der Waals surface area (Å²) in [5, 5.41) is 3.01. The smallest absolute Gasteiger partial charge is 0.256 e. The molecule has 186 valence electrons. The molecule has 7 nitrogen and oxygen atoms in total. The first-order chi connectivity index (χ1) is 17.4. The molecule has 1 unspecified atom stereocenters. The average molecular weight is 508 g/mol. The number of rotatable bonds is 9. The van der Waals surface area contributed by atoms with Crippen molar-refractivity contribution in [2.45, 2.75) is 25.9 Å².